The van der Waals surface area contributed by atoms with E-state index in [4.69, 9.17) is 0 Å². The zero-order valence-corrected chi connectivity index (χ0v) is 10.0. The molecule has 0 unspecified atom stereocenters. The number of aromatic nitrogens is 4. The van der Waals surface area contributed by atoms with Gasteiger partial charge in [-0.2, -0.15) is 0 Å². The molecular formula is C12H15N5. The van der Waals surface area contributed by atoms with E-state index in [1.54, 1.807) is 12.4 Å². The van der Waals surface area contributed by atoms with Crippen LogP contribution in [0, 0.1) is 6.92 Å². The topological polar surface area (TPSA) is 63.6 Å². The molecule has 1 N–H and O–H groups in total. The average molecular weight is 229 g/mol. The van der Waals surface area contributed by atoms with E-state index in [1.165, 1.54) is 6.33 Å². The van der Waals surface area contributed by atoms with Gasteiger partial charge < -0.3 is 5.32 Å². The Balaban J connectivity index is 2.32. The van der Waals surface area contributed by atoms with Gasteiger partial charge in [0.2, 0.25) is 0 Å². The highest BCUT2D eigenvalue weighted by atomic mass is 15.0. The molecule has 0 atom stereocenters. The average Bonchev–Trinajstić information content (AvgIpc) is 2.37. The van der Waals surface area contributed by atoms with Gasteiger partial charge in [-0.1, -0.05) is 6.92 Å². The molecule has 2 aromatic rings. The Bertz CT molecular complexity index is 484. The van der Waals surface area contributed by atoms with Crippen molar-refractivity contribution in [2.45, 2.75) is 20.3 Å². The molecule has 2 aromatic heterocycles. The number of aryl methyl sites for hydroxylation is 1. The van der Waals surface area contributed by atoms with Crippen molar-refractivity contribution in [3.05, 3.63) is 30.6 Å². The smallest absolute Gasteiger partial charge is 0.130 e. The summed E-state index contributed by atoms with van der Waals surface area (Å²) in [4.78, 5) is 16.7. The molecule has 0 fully saturated rings. The SMILES string of the molecule is CCCNc1cc(-c2cncnc2)nc(C)n1. The molecule has 0 aliphatic rings. The fourth-order valence-electron chi connectivity index (χ4n) is 1.49. The van der Waals surface area contributed by atoms with Gasteiger partial charge in [-0.05, 0) is 13.3 Å². The molecule has 0 saturated heterocycles. The summed E-state index contributed by atoms with van der Waals surface area (Å²) < 4.78 is 0. The lowest BCUT2D eigenvalue weighted by Gasteiger charge is -2.07. The molecule has 2 rings (SSSR count). The van der Waals surface area contributed by atoms with Crippen LogP contribution in [0.1, 0.15) is 19.2 Å². The van der Waals surface area contributed by atoms with E-state index in [-0.39, 0.29) is 0 Å². The number of hydrogen-bond donors (Lipinski definition) is 1. The van der Waals surface area contributed by atoms with E-state index in [9.17, 15) is 0 Å². The number of anilines is 1. The first-order valence-corrected chi connectivity index (χ1v) is 5.64. The molecule has 0 saturated carbocycles. The lowest BCUT2D eigenvalue weighted by molar-refractivity contribution is 0.954. The highest BCUT2D eigenvalue weighted by molar-refractivity contribution is 5.60. The second-order valence-electron chi connectivity index (χ2n) is 3.74. The predicted octanol–water partition coefficient (Wildman–Crippen LogP) is 2.06. The number of nitrogens with one attached hydrogen (secondary N) is 1. The summed E-state index contributed by atoms with van der Waals surface area (Å²) >= 11 is 0. The van der Waals surface area contributed by atoms with Crippen LogP contribution in [0.5, 0.6) is 0 Å². The molecule has 0 aromatic carbocycles. The van der Waals surface area contributed by atoms with Gasteiger partial charge in [-0.3, -0.25) is 0 Å². The maximum atomic E-state index is 4.38. The van der Waals surface area contributed by atoms with Gasteiger partial charge in [0.15, 0.2) is 0 Å². The van der Waals surface area contributed by atoms with Crippen LogP contribution in [0.15, 0.2) is 24.8 Å². The van der Waals surface area contributed by atoms with Crippen LogP contribution in [0.3, 0.4) is 0 Å². The highest BCUT2D eigenvalue weighted by Gasteiger charge is 2.04. The molecule has 0 spiro atoms. The molecule has 0 amide bonds. The Hall–Kier alpha value is -2.04. The van der Waals surface area contributed by atoms with Gasteiger partial charge in [-0.25, -0.2) is 19.9 Å². The largest absolute Gasteiger partial charge is 0.370 e. The lowest BCUT2D eigenvalue weighted by Crippen LogP contribution is -2.04. The fourth-order valence-corrected chi connectivity index (χ4v) is 1.49. The van der Waals surface area contributed by atoms with Gasteiger partial charge in [0, 0.05) is 30.6 Å². The summed E-state index contributed by atoms with van der Waals surface area (Å²) in [7, 11) is 0. The van der Waals surface area contributed by atoms with Gasteiger partial charge in [0.05, 0.1) is 5.69 Å². The Labute approximate surface area is 100 Å². The normalized spacial score (nSPS) is 10.2. The van der Waals surface area contributed by atoms with Crippen LogP contribution in [0.25, 0.3) is 11.3 Å². The summed E-state index contributed by atoms with van der Waals surface area (Å²) in [6, 6.07) is 1.92. The molecule has 2 heterocycles. The van der Waals surface area contributed by atoms with Crippen LogP contribution in [-0.2, 0) is 0 Å². The third kappa shape index (κ3) is 2.96. The maximum Gasteiger partial charge on any atom is 0.130 e. The summed E-state index contributed by atoms with van der Waals surface area (Å²) in [6.07, 6.45) is 6.07. The van der Waals surface area contributed by atoms with Crippen molar-refractivity contribution in [3.8, 4) is 11.3 Å². The minimum atomic E-state index is 0.741. The standard InChI is InChI=1S/C12H15N5/c1-3-4-15-12-5-11(16-9(2)17-12)10-6-13-8-14-7-10/h5-8H,3-4H2,1-2H3,(H,15,16,17). The van der Waals surface area contributed by atoms with Crippen LogP contribution in [0.2, 0.25) is 0 Å². The zero-order chi connectivity index (χ0) is 12.1. The lowest BCUT2D eigenvalue weighted by atomic mass is 10.2. The van der Waals surface area contributed by atoms with E-state index >= 15 is 0 Å². The van der Waals surface area contributed by atoms with E-state index < -0.39 is 0 Å². The van der Waals surface area contributed by atoms with Crippen LogP contribution in [0.4, 0.5) is 5.82 Å². The van der Waals surface area contributed by atoms with Gasteiger partial charge in [-0.15, -0.1) is 0 Å². The Kier molecular flexibility index (Phi) is 3.59. The fraction of sp³-hybridized carbons (Fsp3) is 0.333. The van der Waals surface area contributed by atoms with Crippen molar-refractivity contribution in [2.24, 2.45) is 0 Å². The molecule has 5 heteroatoms. The molecule has 0 aliphatic heterocycles. The van der Waals surface area contributed by atoms with E-state index in [2.05, 4.69) is 32.2 Å². The molecule has 0 aliphatic carbocycles. The first-order valence-electron chi connectivity index (χ1n) is 5.64. The van der Waals surface area contributed by atoms with Crippen LogP contribution < -0.4 is 5.32 Å². The van der Waals surface area contributed by atoms with Crippen molar-refractivity contribution >= 4 is 5.82 Å². The second-order valence-corrected chi connectivity index (χ2v) is 3.74. The molecule has 88 valence electrons. The Morgan fingerprint density at radius 3 is 2.65 bits per heavy atom. The third-order valence-corrected chi connectivity index (χ3v) is 2.25. The van der Waals surface area contributed by atoms with Crippen molar-refractivity contribution in [1.82, 2.24) is 19.9 Å². The summed E-state index contributed by atoms with van der Waals surface area (Å²) in [5.41, 5.74) is 1.74. The van der Waals surface area contributed by atoms with Gasteiger partial charge in [0.1, 0.15) is 18.0 Å². The Morgan fingerprint density at radius 2 is 1.94 bits per heavy atom. The number of nitrogens with zero attached hydrogens (tertiary/aromatic N) is 4. The monoisotopic (exact) mass is 229 g/mol. The molecule has 0 radical (unpaired) electrons. The molecule has 17 heavy (non-hydrogen) atoms. The van der Waals surface area contributed by atoms with Crippen molar-refractivity contribution in [3.63, 3.8) is 0 Å². The number of hydrogen-bond acceptors (Lipinski definition) is 5. The number of rotatable bonds is 4. The first kappa shape index (κ1) is 11.4. The highest BCUT2D eigenvalue weighted by Crippen LogP contribution is 2.17. The van der Waals surface area contributed by atoms with Crippen molar-refractivity contribution < 1.29 is 0 Å². The molecule has 5 nitrogen and oxygen atoms in total. The van der Waals surface area contributed by atoms with E-state index in [0.29, 0.717) is 0 Å². The minimum absolute atomic E-state index is 0.741. The second kappa shape index (κ2) is 5.34. The van der Waals surface area contributed by atoms with Crippen LogP contribution in [-0.4, -0.2) is 26.5 Å². The molecule has 0 bridgehead atoms. The quantitative estimate of drug-likeness (QED) is 0.869. The summed E-state index contributed by atoms with van der Waals surface area (Å²) in [6.45, 7) is 4.90. The maximum absolute atomic E-state index is 4.38. The van der Waals surface area contributed by atoms with Gasteiger partial charge >= 0.3 is 0 Å². The predicted molar refractivity (Wildman–Crippen MR) is 66.6 cm³/mol. The summed E-state index contributed by atoms with van der Waals surface area (Å²) in [5, 5.41) is 3.25. The Morgan fingerprint density at radius 1 is 1.18 bits per heavy atom. The van der Waals surface area contributed by atoms with Crippen LogP contribution >= 0.6 is 0 Å². The zero-order valence-electron chi connectivity index (χ0n) is 10.0. The first-order chi connectivity index (χ1) is 8.29. The molecular weight excluding hydrogens is 214 g/mol. The van der Waals surface area contributed by atoms with E-state index in [0.717, 1.165) is 35.9 Å². The van der Waals surface area contributed by atoms with Gasteiger partial charge in [0.25, 0.3) is 0 Å². The minimum Gasteiger partial charge on any atom is -0.370 e. The summed E-state index contributed by atoms with van der Waals surface area (Å²) in [5.74, 6) is 1.59. The van der Waals surface area contributed by atoms with Crippen molar-refractivity contribution in [1.29, 1.82) is 0 Å². The van der Waals surface area contributed by atoms with Crippen molar-refractivity contribution in [2.75, 3.05) is 11.9 Å². The van der Waals surface area contributed by atoms with E-state index in [1.807, 2.05) is 13.0 Å². The third-order valence-electron chi connectivity index (χ3n) is 2.25.